The lowest BCUT2D eigenvalue weighted by Crippen LogP contribution is -2.24. The Labute approximate surface area is 143 Å². The van der Waals surface area contributed by atoms with Crippen LogP contribution in [-0.2, 0) is 11.4 Å². The molecule has 1 amide bonds. The molecule has 0 aliphatic rings. The first-order valence-electron chi connectivity index (χ1n) is 7.43. The molecule has 0 aliphatic carbocycles. The predicted octanol–water partition coefficient (Wildman–Crippen LogP) is 2.82. The number of amides is 1. The van der Waals surface area contributed by atoms with Crippen molar-refractivity contribution >= 4 is 22.4 Å². The van der Waals surface area contributed by atoms with Crippen LogP contribution in [0.5, 0.6) is 5.75 Å². The van der Waals surface area contributed by atoms with E-state index < -0.39 is 6.04 Å². The number of carbonyl (C=O) groups is 1. The van der Waals surface area contributed by atoms with Crippen molar-refractivity contribution < 1.29 is 9.53 Å². The SMILES string of the molecule is Cc1cnc(NC(=O)C(C)n2cc(COc3ccccc3)nn2)s1. The highest BCUT2D eigenvalue weighted by molar-refractivity contribution is 7.15. The zero-order chi connectivity index (χ0) is 16.9. The van der Waals surface area contributed by atoms with Crippen LogP contribution in [-0.4, -0.2) is 25.9 Å². The molecule has 2 heterocycles. The fourth-order valence-corrected chi connectivity index (χ4v) is 2.65. The van der Waals surface area contributed by atoms with Crippen LogP contribution in [0.1, 0.15) is 23.5 Å². The normalized spacial score (nSPS) is 11.9. The van der Waals surface area contributed by atoms with E-state index in [1.165, 1.54) is 16.0 Å². The average molecular weight is 343 g/mol. The van der Waals surface area contributed by atoms with E-state index in [1.54, 1.807) is 19.3 Å². The Bertz CT molecular complexity index is 815. The maximum Gasteiger partial charge on any atom is 0.250 e. The molecule has 1 aromatic carbocycles. The summed E-state index contributed by atoms with van der Waals surface area (Å²) in [6.45, 7) is 3.99. The molecule has 0 bridgehead atoms. The zero-order valence-corrected chi connectivity index (χ0v) is 14.2. The fraction of sp³-hybridized carbons (Fsp3) is 0.250. The monoisotopic (exact) mass is 343 g/mol. The van der Waals surface area contributed by atoms with E-state index in [2.05, 4.69) is 20.6 Å². The second-order valence-electron chi connectivity index (χ2n) is 5.23. The van der Waals surface area contributed by atoms with Gasteiger partial charge in [0.25, 0.3) is 5.91 Å². The van der Waals surface area contributed by atoms with Crippen molar-refractivity contribution in [3.05, 3.63) is 53.3 Å². The minimum Gasteiger partial charge on any atom is -0.487 e. The van der Waals surface area contributed by atoms with Crippen molar-refractivity contribution in [3.63, 3.8) is 0 Å². The molecule has 0 saturated heterocycles. The van der Waals surface area contributed by atoms with Crippen molar-refractivity contribution in [2.24, 2.45) is 0 Å². The van der Waals surface area contributed by atoms with Crippen LogP contribution < -0.4 is 10.1 Å². The molecule has 1 N–H and O–H groups in total. The van der Waals surface area contributed by atoms with E-state index in [9.17, 15) is 4.79 Å². The number of anilines is 1. The predicted molar refractivity (Wildman–Crippen MR) is 91.0 cm³/mol. The molecule has 2 aromatic heterocycles. The number of carbonyl (C=O) groups excluding carboxylic acids is 1. The van der Waals surface area contributed by atoms with Crippen LogP contribution >= 0.6 is 11.3 Å². The zero-order valence-electron chi connectivity index (χ0n) is 13.3. The molecule has 7 nitrogen and oxygen atoms in total. The van der Waals surface area contributed by atoms with Gasteiger partial charge in [-0.1, -0.05) is 23.4 Å². The van der Waals surface area contributed by atoms with Crippen LogP contribution in [0, 0.1) is 6.92 Å². The van der Waals surface area contributed by atoms with Gasteiger partial charge in [0.1, 0.15) is 24.1 Å². The van der Waals surface area contributed by atoms with Crippen LogP contribution in [0.25, 0.3) is 0 Å². The van der Waals surface area contributed by atoms with E-state index in [0.717, 1.165) is 10.6 Å². The average Bonchev–Trinajstić information content (AvgIpc) is 3.22. The molecule has 24 heavy (non-hydrogen) atoms. The first-order chi connectivity index (χ1) is 11.6. The topological polar surface area (TPSA) is 81.9 Å². The number of nitrogens with zero attached hydrogens (tertiary/aromatic N) is 4. The second-order valence-corrected chi connectivity index (χ2v) is 6.47. The lowest BCUT2D eigenvalue weighted by molar-refractivity contribution is -0.119. The summed E-state index contributed by atoms with van der Waals surface area (Å²) in [5, 5.41) is 11.4. The lowest BCUT2D eigenvalue weighted by atomic mass is 10.3. The molecule has 1 atom stereocenters. The maximum atomic E-state index is 12.2. The number of thiazole rings is 1. The molecule has 3 aromatic rings. The minimum atomic E-state index is -0.493. The van der Waals surface area contributed by atoms with Gasteiger partial charge in [-0.2, -0.15) is 0 Å². The van der Waals surface area contributed by atoms with Gasteiger partial charge in [-0.3, -0.25) is 4.79 Å². The number of hydrogen-bond acceptors (Lipinski definition) is 6. The summed E-state index contributed by atoms with van der Waals surface area (Å²) in [7, 11) is 0. The van der Waals surface area contributed by atoms with Crippen molar-refractivity contribution in [2.45, 2.75) is 26.5 Å². The molecule has 0 spiro atoms. The first-order valence-corrected chi connectivity index (χ1v) is 8.25. The van der Waals surface area contributed by atoms with E-state index in [-0.39, 0.29) is 5.91 Å². The summed E-state index contributed by atoms with van der Waals surface area (Å²) < 4.78 is 7.13. The molecule has 3 rings (SSSR count). The number of hydrogen-bond donors (Lipinski definition) is 1. The Kier molecular flexibility index (Phi) is 4.85. The Morgan fingerprint density at radius 2 is 2.17 bits per heavy atom. The summed E-state index contributed by atoms with van der Waals surface area (Å²) in [4.78, 5) is 17.4. The third-order valence-electron chi connectivity index (χ3n) is 3.32. The van der Waals surface area contributed by atoms with Crippen LogP contribution in [0.2, 0.25) is 0 Å². The molecule has 0 saturated carbocycles. The molecular weight excluding hydrogens is 326 g/mol. The Morgan fingerprint density at radius 3 is 2.88 bits per heavy atom. The summed E-state index contributed by atoms with van der Waals surface area (Å²) in [6.07, 6.45) is 3.43. The molecular formula is C16H17N5O2S. The Hall–Kier alpha value is -2.74. The lowest BCUT2D eigenvalue weighted by Gasteiger charge is -2.10. The summed E-state index contributed by atoms with van der Waals surface area (Å²) in [6, 6.07) is 8.98. The molecule has 124 valence electrons. The number of nitrogens with one attached hydrogen (secondary N) is 1. The van der Waals surface area contributed by atoms with Gasteiger partial charge in [0, 0.05) is 11.1 Å². The van der Waals surface area contributed by atoms with E-state index in [4.69, 9.17) is 4.74 Å². The quantitative estimate of drug-likeness (QED) is 0.744. The van der Waals surface area contributed by atoms with Gasteiger partial charge >= 0.3 is 0 Å². The molecule has 1 unspecified atom stereocenters. The number of ether oxygens (including phenoxy) is 1. The smallest absolute Gasteiger partial charge is 0.250 e. The van der Waals surface area contributed by atoms with Gasteiger partial charge < -0.3 is 10.1 Å². The van der Waals surface area contributed by atoms with E-state index >= 15 is 0 Å². The molecule has 0 fully saturated rings. The largest absolute Gasteiger partial charge is 0.487 e. The third kappa shape index (κ3) is 3.96. The summed E-state index contributed by atoms with van der Waals surface area (Å²) in [5.41, 5.74) is 0.656. The highest BCUT2D eigenvalue weighted by Crippen LogP contribution is 2.18. The van der Waals surface area contributed by atoms with Gasteiger partial charge in [0.05, 0.1) is 6.20 Å². The number of aromatic nitrogens is 4. The van der Waals surface area contributed by atoms with Crippen LogP contribution in [0.3, 0.4) is 0 Å². The molecule has 8 heteroatoms. The molecule has 0 aliphatic heterocycles. The van der Waals surface area contributed by atoms with Crippen molar-refractivity contribution in [1.29, 1.82) is 0 Å². The third-order valence-corrected chi connectivity index (χ3v) is 4.14. The number of para-hydroxylation sites is 1. The van der Waals surface area contributed by atoms with Crippen LogP contribution in [0.4, 0.5) is 5.13 Å². The van der Waals surface area contributed by atoms with Crippen molar-refractivity contribution in [3.8, 4) is 5.75 Å². The van der Waals surface area contributed by atoms with Gasteiger partial charge in [-0.05, 0) is 26.0 Å². The standard InChI is InChI=1S/C16H17N5O2S/c1-11-8-17-16(24-11)18-15(22)12(2)21-9-13(19-20-21)10-23-14-6-4-3-5-7-14/h3-9,12H,10H2,1-2H3,(H,17,18,22). The van der Waals surface area contributed by atoms with Gasteiger partial charge in [-0.15, -0.1) is 16.4 Å². The highest BCUT2D eigenvalue weighted by Gasteiger charge is 2.18. The van der Waals surface area contributed by atoms with Gasteiger partial charge in [-0.25, -0.2) is 9.67 Å². The van der Waals surface area contributed by atoms with E-state index in [0.29, 0.717) is 17.4 Å². The second kappa shape index (κ2) is 7.22. The first kappa shape index (κ1) is 16.1. The number of rotatable bonds is 6. The number of aryl methyl sites for hydroxylation is 1. The van der Waals surface area contributed by atoms with E-state index in [1.807, 2.05) is 37.3 Å². The highest BCUT2D eigenvalue weighted by atomic mass is 32.1. The Morgan fingerprint density at radius 1 is 1.38 bits per heavy atom. The van der Waals surface area contributed by atoms with Crippen molar-refractivity contribution in [2.75, 3.05) is 5.32 Å². The Balaban J connectivity index is 1.58. The minimum absolute atomic E-state index is 0.190. The summed E-state index contributed by atoms with van der Waals surface area (Å²) in [5.74, 6) is 0.571. The maximum absolute atomic E-state index is 12.2. The van der Waals surface area contributed by atoms with Gasteiger partial charge in [0.2, 0.25) is 0 Å². The summed E-state index contributed by atoms with van der Waals surface area (Å²) >= 11 is 1.43. The van der Waals surface area contributed by atoms with Gasteiger partial charge in [0.15, 0.2) is 5.13 Å². The molecule has 0 radical (unpaired) electrons. The fourth-order valence-electron chi connectivity index (χ4n) is 1.99. The van der Waals surface area contributed by atoms with Crippen LogP contribution in [0.15, 0.2) is 42.7 Å². The number of benzene rings is 1. The van der Waals surface area contributed by atoms with Crippen molar-refractivity contribution in [1.82, 2.24) is 20.0 Å².